The van der Waals surface area contributed by atoms with E-state index in [4.69, 9.17) is 4.74 Å². The van der Waals surface area contributed by atoms with Crippen LogP contribution < -0.4 is 10.1 Å². The van der Waals surface area contributed by atoms with Crippen LogP contribution in [-0.4, -0.2) is 11.9 Å². The minimum absolute atomic E-state index is 0.259. The van der Waals surface area contributed by atoms with Gasteiger partial charge in [0.25, 0.3) is 5.91 Å². The number of ether oxygens (including phenoxy) is 1. The fourth-order valence-corrected chi connectivity index (χ4v) is 2.46. The predicted molar refractivity (Wildman–Crippen MR) is 86.4 cm³/mol. The van der Waals surface area contributed by atoms with E-state index < -0.39 is 5.97 Å². The van der Waals surface area contributed by atoms with Gasteiger partial charge in [0.05, 0.1) is 5.56 Å². The maximum Gasteiger partial charge on any atom is 0.308 e. The number of aryl methyl sites for hydroxylation is 3. The van der Waals surface area contributed by atoms with Gasteiger partial charge in [-0.1, -0.05) is 29.8 Å². The molecule has 0 radical (unpaired) electrons. The monoisotopic (exact) mass is 297 g/mol. The van der Waals surface area contributed by atoms with E-state index >= 15 is 0 Å². The molecule has 0 aliphatic carbocycles. The molecular weight excluding hydrogens is 278 g/mol. The molecule has 0 heterocycles. The quantitative estimate of drug-likeness (QED) is 0.692. The lowest BCUT2D eigenvalue weighted by molar-refractivity contribution is -0.131. The van der Waals surface area contributed by atoms with E-state index in [1.165, 1.54) is 6.92 Å². The van der Waals surface area contributed by atoms with Crippen molar-refractivity contribution in [3.05, 3.63) is 58.7 Å². The molecule has 0 spiro atoms. The second kappa shape index (κ2) is 6.43. The molecule has 0 unspecified atom stereocenters. The highest BCUT2D eigenvalue weighted by molar-refractivity contribution is 6.07. The third-order valence-electron chi connectivity index (χ3n) is 3.30. The van der Waals surface area contributed by atoms with Gasteiger partial charge in [-0.3, -0.25) is 9.59 Å². The second-order valence-corrected chi connectivity index (χ2v) is 5.32. The third-order valence-corrected chi connectivity index (χ3v) is 3.30. The van der Waals surface area contributed by atoms with E-state index in [1.807, 2.05) is 32.9 Å². The van der Waals surface area contributed by atoms with Gasteiger partial charge in [-0.25, -0.2) is 0 Å². The molecule has 22 heavy (non-hydrogen) atoms. The second-order valence-electron chi connectivity index (χ2n) is 5.32. The summed E-state index contributed by atoms with van der Waals surface area (Å²) >= 11 is 0. The average molecular weight is 297 g/mol. The number of amides is 1. The van der Waals surface area contributed by atoms with Crippen LogP contribution >= 0.6 is 0 Å². The van der Waals surface area contributed by atoms with Gasteiger partial charge < -0.3 is 10.1 Å². The van der Waals surface area contributed by atoms with Crippen molar-refractivity contribution in [2.45, 2.75) is 27.7 Å². The molecule has 0 aliphatic rings. The summed E-state index contributed by atoms with van der Waals surface area (Å²) in [6.45, 7) is 7.23. The van der Waals surface area contributed by atoms with Gasteiger partial charge in [-0.2, -0.15) is 0 Å². The molecule has 0 aromatic heterocycles. The fraction of sp³-hybridized carbons (Fsp3) is 0.222. The predicted octanol–water partition coefficient (Wildman–Crippen LogP) is 3.79. The minimum Gasteiger partial charge on any atom is -0.426 e. The highest BCUT2D eigenvalue weighted by atomic mass is 16.5. The number of para-hydroxylation sites is 1. The highest BCUT2D eigenvalue weighted by Crippen LogP contribution is 2.25. The lowest BCUT2D eigenvalue weighted by atomic mass is 10.0. The minimum atomic E-state index is -0.456. The Balaban J connectivity index is 2.33. The Bertz CT molecular complexity index is 712. The molecule has 1 N–H and O–H groups in total. The van der Waals surface area contributed by atoms with Crippen LogP contribution in [0.3, 0.4) is 0 Å². The molecule has 0 saturated carbocycles. The number of esters is 1. The molecule has 2 aromatic carbocycles. The smallest absolute Gasteiger partial charge is 0.308 e. The number of hydrogen-bond donors (Lipinski definition) is 1. The molecule has 2 aromatic rings. The maximum atomic E-state index is 12.5. The molecule has 2 rings (SSSR count). The Morgan fingerprint density at radius 2 is 1.59 bits per heavy atom. The van der Waals surface area contributed by atoms with Crippen LogP contribution in [0.2, 0.25) is 0 Å². The Morgan fingerprint density at radius 1 is 1.00 bits per heavy atom. The number of benzene rings is 2. The largest absolute Gasteiger partial charge is 0.426 e. The van der Waals surface area contributed by atoms with Gasteiger partial charge >= 0.3 is 5.97 Å². The summed E-state index contributed by atoms with van der Waals surface area (Å²) in [5.41, 5.74) is 4.25. The van der Waals surface area contributed by atoms with Crippen molar-refractivity contribution in [2.75, 3.05) is 5.32 Å². The molecule has 0 atom stereocenters. The fourth-order valence-electron chi connectivity index (χ4n) is 2.46. The van der Waals surface area contributed by atoms with E-state index in [0.717, 1.165) is 22.4 Å². The molecule has 0 aliphatic heterocycles. The van der Waals surface area contributed by atoms with E-state index in [2.05, 4.69) is 5.32 Å². The number of nitrogens with one attached hydrogen (secondary N) is 1. The molecule has 0 bridgehead atoms. The van der Waals surface area contributed by atoms with Crippen LogP contribution in [0.5, 0.6) is 5.75 Å². The number of carbonyl (C=O) groups excluding carboxylic acids is 2. The number of hydrogen-bond acceptors (Lipinski definition) is 3. The number of rotatable bonds is 3. The van der Waals surface area contributed by atoms with Crippen molar-refractivity contribution in [3.63, 3.8) is 0 Å². The molecule has 0 saturated heterocycles. The molecule has 4 nitrogen and oxygen atoms in total. The topological polar surface area (TPSA) is 55.4 Å². The Hall–Kier alpha value is -2.62. The van der Waals surface area contributed by atoms with Crippen LogP contribution in [0.1, 0.15) is 34.0 Å². The normalized spacial score (nSPS) is 10.2. The van der Waals surface area contributed by atoms with Crippen molar-refractivity contribution in [1.82, 2.24) is 0 Å². The van der Waals surface area contributed by atoms with Gasteiger partial charge in [0, 0.05) is 12.6 Å². The summed E-state index contributed by atoms with van der Waals surface area (Å²) in [7, 11) is 0. The highest BCUT2D eigenvalue weighted by Gasteiger charge is 2.15. The first-order chi connectivity index (χ1) is 10.4. The van der Waals surface area contributed by atoms with Crippen LogP contribution in [0.15, 0.2) is 36.4 Å². The lowest BCUT2D eigenvalue weighted by Crippen LogP contribution is -2.16. The first kappa shape index (κ1) is 15.8. The summed E-state index contributed by atoms with van der Waals surface area (Å²) in [4.78, 5) is 23.6. The van der Waals surface area contributed by atoms with Gasteiger partial charge in [0.2, 0.25) is 0 Å². The zero-order valence-electron chi connectivity index (χ0n) is 13.2. The van der Waals surface area contributed by atoms with Crippen LogP contribution in [0.25, 0.3) is 0 Å². The summed E-state index contributed by atoms with van der Waals surface area (Å²) in [5, 5.41) is 2.91. The number of carbonyl (C=O) groups is 2. The molecule has 114 valence electrons. The molecule has 1 amide bonds. The lowest BCUT2D eigenvalue weighted by Gasteiger charge is -2.14. The summed E-state index contributed by atoms with van der Waals surface area (Å²) in [6.07, 6.45) is 0. The van der Waals surface area contributed by atoms with Crippen molar-refractivity contribution in [3.8, 4) is 5.75 Å². The van der Waals surface area contributed by atoms with Crippen LogP contribution in [0.4, 0.5) is 5.69 Å². The van der Waals surface area contributed by atoms with Crippen molar-refractivity contribution >= 4 is 17.6 Å². The van der Waals surface area contributed by atoms with Gasteiger partial charge in [0.15, 0.2) is 0 Å². The molecular formula is C18H19NO3. The van der Waals surface area contributed by atoms with Crippen LogP contribution in [0, 0.1) is 20.8 Å². The summed E-state index contributed by atoms with van der Waals surface area (Å²) < 4.78 is 5.08. The van der Waals surface area contributed by atoms with E-state index in [1.54, 1.807) is 24.3 Å². The van der Waals surface area contributed by atoms with Crippen molar-refractivity contribution < 1.29 is 14.3 Å². The number of anilines is 1. The van der Waals surface area contributed by atoms with E-state index in [-0.39, 0.29) is 11.7 Å². The van der Waals surface area contributed by atoms with Gasteiger partial charge in [0.1, 0.15) is 5.75 Å². The summed E-state index contributed by atoms with van der Waals surface area (Å²) in [6, 6.07) is 10.7. The zero-order valence-corrected chi connectivity index (χ0v) is 13.2. The van der Waals surface area contributed by atoms with E-state index in [9.17, 15) is 9.59 Å². The van der Waals surface area contributed by atoms with Crippen LogP contribution in [-0.2, 0) is 4.79 Å². The van der Waals surface area contributed by atoms with Crippen molar-refractivity contribution in [2.24, 2.45) is 0 Å². The Morgan fingerprint density at radius 3 is 2.18 bits per heavy atom. The Labute approximate surface area is 130 Å². The van der Waals surface area contributed by atoms with E-state index in [0.29, 0.717) is 5.56 Å². The first-order valence-electron chi connectivity index (χ1n) is 7.05. The van der Waals surface area contributed by atoms with Crippen molar-refractivity contribution in [1.29, 1.82) is 0 Å². The summed E-state index contributed by atoms with van der Waals surface area (Å²) in [5.74, 6) is -0.496. The third kappa shape index (κ3) is 3.52. The van der Waals surface area contributed by atoms with Gasteiger partial charge in [-0.15, -0.1) is 0 Å². The molecule has 0 fully saturated rings. The Kier molecular flexibility index (Phi) is 4.61. The standard InChI is InChI=1S/C18H19NO3/c1-11-9-12(2)17(13(3)10-11)19-18(21)15-7-5-6-8-16(15)22-14(4)20/h5-10H,1-4H3,(H,19,21). The zero-order chi connectivity index (χ0) is 16.3. The average Bonchev–Trinajstić information content (AvgIpc) is 2.42. The molecule has 4 heteroatoms. The first-order valence-corrected chi connectivity index (χ1v) is 7.05. The SMILES string of the molecule is CC(=O)Oc1ccccc1C(=O)Nc1c(C)cc(C)cc1C. The van der Waals surface area contributed by atoms with Gasteiger partial charge in [-0.05, 0) is 44.0 Å². The maximum absolute atomic E-state index is 12.5.